The molecule has 24 heavy (non-hydrogen) atoms. The summed E-state index contributed by atoms with van der Waals surface area (Å²) in [6, 6.07) is 18.4. The Morgan fingerprint density at radius 1 is 0.958 bits per heavy atom. The number of hydrogen-bond donors (Lipinski definition) is 2. The highest BCUT2D eigenvalue weighted by atomic mass is 16.1. The van der Waals surface area contributed by atoms with Gasteiger partial charge in [0.2, 0.25) is 0 Å². The van der Waals surface area contributed by atoms with Gasteiger partial charge in [-0.05, 0) is 36.2 Å². The summed E-state index contributed by atoms with van der Waals surface area (Å²) in [7, 11) is 0. The third-order valence-electron chi connectivity index (χ3n) is 4.39. The highest BCUT2D eigenvalue weighted by Gasteiger charge is 2.20. The van der Waals surface area contributed by atoms with Crippen molar-refractivity contribution in [3.63, 3.8) is 0 Å². The van der Waals surface area contributed by atoms with Gasteiger partial charge in [-0.15, -0.1) is 0 Å². The molecule has 1 aromatic carbocycles. The molecule has 0 saturated carbocycles. The first kappa shape index (κ1) is 16.3. The Balaban J connectivity index is 1.86. The molecule has 0 bridgehead atoms. The van der Waals surface area contributed by atoms with Crippen LogP contribution in [0.25, 0.3) is 0 Å². The molecule has 1 atom stereocenters. The molecule has 0 spiro atoms. The van der Waals surface area contributed by atoms with E-state index in [1.165, 1.54) is 5.56 Å². The van der Waals surface area contributed by atoms with Gasteiger partial charge in [-0.1, -0.05) is 50.1 Å². The molecule has 124 valence electrons. The normalized spacial score (nSPS) is 12.2. The van der Waals surface area contributed by atoms with Crippen LogP contribution in [0.15, 0.2) is 60.8 Å². The monoisotopic (exact) mass is 320 g/mol. The Bertz CT molecular complexity index is 756. The number of nitrogens with one attached hydrogen (secondary N) is 2. The number of aromatic nitrogens is 2. The molecule has 2 aromatic heterocycles. The SMILES string of the molecule is CCCCCC(=O)c1ccc(C(c2ccccc2)c2ccc[nH]2)[nH]1. The van der Waals surface area contributed by atoms with Crippen LogP contribution in [0.1, 0.15) is 66.0 Å². The highest BCUT2D eigenvalue weighted by Crippen LogP contribution is 2.30. The van der Waals surface area contributed by atoms with Gasteiger partial charge in [-0.2, -0.15) is 0 Å². The van der Waals surface area contributed by atoms with E-state index in [1.807, 2.05) is 42.6 Å². The minimum absolute atomic E-state index is 0.0818. The zero-order valence-corrected chi connectivity index (χ0v) is 14.1. The van der Waals surface area contributed by atoms with Crippen LogP contribution in [0, 0.1) is 0 Å². The third-order valence-corrected chi connectivity index (χ3v) is 4.39. The van der Waals surface area contributed by atoms with Crippen molar-refractivity contribution in [1.82, 2.24) is 9.97 Å². The number of carbonyl (C=O) groups is 1. The summed E-state index contributed by atoms with van der Waals surface area (Å²) < 4.78 is 0. The van der Waals surface area contributed by atoms with E-state index in [1.54, 1.807) is 0 Å². The number of ketones is 1. The highest BCUT2D eigenvalue weighted by molar-refractivity contribution is 5.94. The summed E-state index contributed by atoms with van der Waals surface area (Å²) in [5.41, 5.74) is 4.08. The molecular weight excluding hydrogens is 296 g/mol. The number of carbonyl (C=O) groups excluding carboxylic acids is 1. The Morgan fingerprint density at radius 3 is 2.50 bits per heavy atom. The summed E-state index contributed by atoms with van der Waals surface area (Å²) in [5, 5.41) is 0. The van der Waals surface area contributed by atoms with Crippen LogP contribution in [0.4, 0.5) is 0 Å². The zero-order valence-electron chi connectivity index (χ0n) is 14.1. The van der Waals surface area contributed by atoms with Crippen LogP contribution in [-0.4, -0.2) is 15.8 Å². The average molecular weight is 320 g/mol. The fourth-order valence-corrected chi connectivity index (χ4v) is 3.11. The predicted molar refractivity (Wildman–Crippen MR) is 97.4 cm³/mol. The fourth-order valence-electron chi connectivity index (χ4n) is 3.11. The summed E-state index contributed by atoms with van der Waals surface area (Å²) in [6.07, 6.45) is 5.75. The van der Waals surface area contributed by atoms with Crippen molar-refractivity contribution in [3.8, 4) is 0 Å². The van der Waals surface area contributed by atoms with Gasteiger partial charge in [0, 0.05) is 24.0 Å². The summed E-state index contributed by atoms with van der Waals surface area (Å²) >= 11 is 0. The molecule has 3 aromatic rings. The third kappa shape index (κ3) is 3.67. The lowest BCUT2D eigenvalue weighted by Crippen LogP contribution is -2.06. The molecule has 0 aliphatic carbocycles. The smallest absolute Gasteiger partial charge is 0.179 e. The second kappa shape index (κ2) is 7.82. The lowest BCUT2D eigenvalue weighted by atomic mass is 9.93. The van der Waals surface area contributed by atoms with Crippen LogP contribution < -0.4 is 0 Å². The molecule has 0 radical (unpaired) electrons. The van der Waals surface area contributed by atoms with E-state index in [4.69, 9.17) is 0 Å². The molecule has 1 unspecified atom stereocenters. The number of rotatable bonds is 8. The van der Waals surface area contributed by atoms with E-state index < -0.39 is 0 Å². The number of hydrogen-bond acceptors (Lipinski definition) is 1. The minimum atomic E-state index is 0.0818. The molecule has 0 aliphatic heterocycles. The molecule has 3 rings (SSSR count). The number of H-pyrrole nitrogens is 2. The fraction of sp³-hybridized carbons (Fsp3) is 0.286. The van der Waals surface area contributed by atoms with Gasteiger partial charge in [-0.3, -0.25) is 4.79 Å². The number of aromatic amines is 2. The van der Waals surface area contributed by atoms with E-state index in [0.29, 0.717) is 12.1 Å². The molecule has 3 nitrogen and oxygen atoms in total. The first-order chi connectivity index (χ1) is 11.8. The van der Waals surface area contributed by atoms with E-state index in [9.17, 15) is 4.79 Å². The Kier molecular flexibility index (Phi) is 5.32. The molecule has 2 heterocycles. The maximum Gasteiger partial charge on any atom is 0.179 e. The van der Waals surface area contributed by atoms with Crippen molar-refractivity contribution < 1.29 is 4.79 Å². The van der Waals surface area contributed by atoms with Crippen LogP contribution in [0.2, 0.25) is 0 Å². The lowest BCUT2D eigenvalue weighted by Gasteiger charge is -2.15. The van der Waals surface area contributed by atoms with E-state index >= 15 is 0 Å². The summed E-state index contributed by atoms with van der Waals surface area (Å²) in [5.74, 6) is 0.284. The molecule has 3 heteroatoms. The molecular formula is C21H24N2O. The first-order valence-corrected chi connectivity index (χ1v) is 8.70. The van der Waals surface area contributed by atoms with Gasteiger partial charge >= 0.3 is 0 Å². The molecule has 2 N–H and O–H groups in total. The quantitative estimate of drug-likeness (QED) is 0.430. The number of unbranched alkanes of at least 4 members (excludes halogenated alkanes) is 2. The van der Waals surface area contributed by atoms with Crippen molar-refractivity contribution in [1.29, 1.82) is 0 Å². The Hall–Kier alpha value is -2.55. The molecule has 0 aliphatic rings. The standard InChI is InChI=1S/C21H24N2O/c1-2-3-5-12-20(24)17-13-14-19(23-17)21(18-11-8-15-22-18)16-9-6-4-7-10-16/h4,6-11,13-15,21-23H,2-3,5,12H2,1H3. The summed E-state index contributed by atoms with van der Waals surface area (Å²) in [4.78, 5) is 19.0. The second-order valence-electron chi connectivity index (χ2n) is 6.18. The topological polar surface area (TPSA) is 48.6 Å². The van der Waals surface area contributed by atoms with E-state index in [-0.39, 0.29) is 11.7 Å². The Labute approximate surface area is 143 Å². The molecule has 0 amide bonds. The van der Waals surface area contributed by atoms with E-state index in [2.05, 4.69) is 35.1 Å². The van der Waals surface area contributed by atoms with Crippen LogP contribution in [-0.2, 0) is 0 Å². The average Bonchev–Trinajstić information content (AvgIpc) is 3.29. The van der Waals surface area contributed by atoms with Gasteiger partial charge < -0.3 is 9.97 Å². The maximum atomic E-state index is 12.3. The number of Topliss-reactive ketones (excluding diaryl/α,β-unsaturated/α-hetero) is 1. The van der Waals surface area contributed by atoms with E-state index in [0.717, 1.165) is 30.7 Å². The van der Waals surface area contributed by atoms with Gasteiger partial charge in [0.15, 0.2) is 5.78 Å². The Morgan fingerprint density at radius 2 is 1.79 bits per heavy atom. The molecule has 0 fully saturated rings. The van der Waals surface area contributed by atoms with Crippen molar-refractivity contribution >= 4 is 5.78 Å². The lowest BCUT2D eigenvalue weighted by molar-refractivity contribution is 0.0975. The summed E-state index contributed by atoms with van der Waals surface area (Å²) in [6.45, 7) is 2.15. The van der Waals surface area contributed by atoms with Crippen LogP contribution >= 0.6 is 0 Å². The first-order valence-electron chi connectivity index (χ1n) is 8.70. The number of benzene rings is 1. The van der Waals surface area contributed by atoms with Gasteiger partial charge in [0.05, 0.1) is 11.6 Å². The maximum absolute atomic E-state index is 12.3. The van der Waals surface area contributed by atoms with Gasteiger partial charge in [0.1, 0.15) is 0 Å². The zero-order chi connectivity index (χ0) is 16.8. The van der Waals surface area contributed by atoms with Crippen molar-refractivity contribution in [2.75, 3.05) is 0 Å². The van der Waals surface area contributed by atoms with Crippen LogP contribution in [0.5, 0.6) is 0 Å². The van der Waals surface area contributed by atoms with Crippen LogP contribution in [0.3, 0.4) is 0 Å². The second-order valence-corrected chi connectivity index (χ2v) is 6.18. The van der Waals surface area contributed by atoms with Gasteiger partial charge in [-0.25, -0.2) is 0 Å². The molecule has 0 saturated heterocycles. The van der Waals surface area contributed by atoms with Crippen molar-refractivity contribution in [2.24, 2.45) is 0 Å². The largest absolute Gasteiger partial charge is 0.364 e. The van der Waals surface area contributed by atoms with Crippen molar-refractivity contribution in [2.45, 2.75) is 38.5 Å². The minimum Gasteiger partial charge on any atom is -0.364 e. The van der Waals surface area contributed by atoms with Crippen molar-refractivity contribution in [3.05, 3.63) is 83.4 Å². The predicted octanol–water partition coefficient (Wildman–Crippen LogP) is 5.29. The van der Waals surface area contributed by atoms with Gasteiger partial charge in [0.25, 0.3) is 0 Å².